The number of hydrogen-bond acceptors (Lipinski definition) is 8. The molecule has 4 N–H and O–H groups in total. The number of hydrogen-bond donors (Lipinski definition) is 4. The first-order valence-corrected chi connectivity index (χ1v) is 10.6. The summed E-state index contributed by atoms with van der Waals surface area (Å²) >= 11 is 0. The third-order valence-corrected chi connectivity index (χ3v) is 6.11. The lowest BCUT2D eigenvalue weighted by atomic mass is 10.1. The van der Waals surface area contributed by atoms with Gasteiger partial charge >= 0.3 is 0 Å². The maximum absolute atomic E-state index is 12.9. The summed E-state index contributed by atoms with van der Waals surface area (Å²) in [6.45, 7) is -1.36. The third kappa shape index (κ3) is 3.84. The fourth-order valence-electron chi connectivity index (χ4n) is 3.19. The second-order valence-corrected chi connectivity index (χ2v) is 8.95. The molecular weight excluding hydrogens is 416 g/mol. The minimum atomic E-state index is -3.84. The molecule has 0 radical (unpaired) electrons. The van der Waals surface area contributed by atoms with E-state index in [0.717, 1.165) is 23.3 Å². The summed E-state index contributed by atoms with van der Waals surface area (Å²) in [5, 5.41) is 29.1. The largest absolute Gasteiger partial charge is 0.504 e. The van der Waals surface area contributed by atoms with Gasteiger partial charge in [0.25, 0.3) is 11.8 Å². The lowest BCUT2D eigenvalue weighted by molar-refractivity contribution is -0.118. The fourth-order valence-corrected chi connectivity index (χ4v) is 4.25. The first kappa shape index (κ1) is 21.3. The summed E-state index contributed by atoms with van der Waals surface area (Å²) in [7, 11) is -3.84. The fraction of sp³-hybridized carbons (Fsp3) is 0.211. The minimum absolute atomic E-state index is 0.0171. The molecule has 1 atom stereocenters. The number of nitrogens with zero attached hydrogens (tertiary/aromatic N) is 1. The van der Waals surface area contributed by atoms with Crippen molar-refractivity contribution in [3.8, 4) is 11.5 Å². The number of amides is 3. The van der Waals surface area contributed by atoms with Crippen LogP contribution in [-0.2, 0) is 14.6 Å². The van der Waals surface area contributed by atoms with Crippen molar-refractivity contribution in [2.75, 3.05) is 24.7 Å². The maximum atomic E-state index is 12.9. The summed E-state index contributed by atoms with van der Waals surface area (Å²) in [6, 6.07) is 7.61. The van der Waals surface area contributed by atoms with Gasteiger partial charge in [-0.3, -0.25) is 19.3 Å². The Bertz CT molecular complexity index is 1160. The van der Waals surface area contributed by atoms with E-state index in [1.165, 1.54) is 24.3 Å². The Morgan fingerprint density at radius 3 is 2.40 bits per heavy atom. The van der Waals surface area contributed by atoms with Crippen LogP contribution in [0.4, 0.5) is 5.69 Å². The van der Waals surface area contributed by atoms with E-state index < -0.39 is 57.5 Å². The molecule has 10 nitrogen and oxygen atoms in total. The normalized spacial score (nSPS) is 14.5. The molecule has 0 spiro atoms. The molecule has 0 bridgehead atoms. The molecule has 3 rings (SSSR count). The van der Waals surface area contributed by atoms with Crippen LogP contribution in [0.25, 0.3) is 0 Å². The van der Waals surface area contributed by atoms with Crippen LogP contribution >= 0.6 is 0 Å². The van der Waals surface area contributed by atoms with Crippen molar-refractivity contribution >= 4 is 33.2 Å². The lowest BCUT2D eigenvalue weighted by Crippen LogP contribution is -2.36. The average molecular weight is 434 g/mol. The first-order valence-electron chi connectivity index (χ1n) is 8.65. The number of aliphatic hydroxyl groups excluding tert-OH is 1. The number of benzene rings is 2. The van der Waals surface area contributed by atoms with Gasteiger partial charge in [-0.2, -0.15) is 0 Å². The number of phenolic OH excluding ortho intramolecular Hbond substituents is 2. The van der Waals surface area contributed by atoms with E-state index in [-0.39, 0.29) is 22.4 Å². The van der Waals surface area contributed by atoms with Crippen molar-refractivity contribution in [2.45, 2.75) is 5.25 Å². The number of sulfone groups is 1. The average Bonchev–Trinajstić information content (AvgIpc) is 2.92. The molecule has 2 aromatic carbocycles. The second-order valence-electron chi connectivity index (χ2n) is 6.72. The molecule has 3 amide bonds. The van der Waals surface area contributed by atoms with Gasteiger partial charge in [-0.1, -0.05) is 12.1 Å². The van der Waals surface area contributed by atoms with E-state index in [4.69, 9.17) is 5.11 Å². The zero-order chi connectivity index (χ0) is 22.2. The molecule has 0 fully saturated rings. The number of fused-ring (bicyclic) bond motifs is 1. The van der Waals surface area contributed by atoms with Crippen molar-refractivity contribution in [1.29, 1.82) is 0 Å². The van der Waals surface area contributed by atoms with E-state index in [0.29, 0.717) is 0 Å². The summed E-state index contributed by atoms with van der Waals surface area (Å²) in [5.74, 6) is -3.32. The number of aliphatic hydroxyl groups is 1. The Morgan fingerprint density at radius 1 is 1.10 bits per heavy atom. The zero-order valence-corrected chi connectivity index (χ0v) is 16.5. The van der Waals surface area contributed by atoms with Crippen molar-refractivity contribution in [1.82, 2.24) is 4.90 Å². The van der Waals surface area contributed by atoms with Gasteiger partial charge in [-0.05, 0) is 29.8 Å². The molecule has 30 heavy (non-hydrogen) atoms. The van der Waals surface area contributed by atoms with Gasteiger partial charge in [0, 0.05) is 6.26 Å². The zero-order valence-electron chi connectivity index (χ0n) is 15.7. The molecule has 158 valence electrons. The minimum Gasteiger partial charge on any atom is -0.504 e. The highest BCUT2D eigenvalue weighted by atomic mass is 32.2. The van der Waals surface area contributed by atoms with Crippen LogP contribution in [0.5, 0.6) is 11.5 Å². The predicted octanol–water partition coefficient (Wildman–Crippen LogP) is 0.410. The standard InChI is InChI=1S/C19H18N2O8S/c1-30(28,29)15(10-5-6-13(23)14(24)7-10)8-21-18(26)11-3-2-4-12(17(11)19(21)27)20-16(25)9-22/h2-7,15,22-24H,8-9H2,1H3,(H,20,25). The van der Waals surface area contributed by atoms with Gasteiger partial charge in [0.05, 0.1) is 23.4 Å². The topological polar surface area (TPSA) is 161 Å². The Hall–Kier alpha value is -3.44. The van der Waals surface area contributed by atoms with Crippen molar-refractivity contribution < 1.29 is 38.1 Å². The van der Waals surface area contributed by atoms with E-state index in [1.807, 2.05) is 0 Å². The van der Waals surface area contributed by atoms with Gasteiger partial charge < -0.3 is 20.6 Å². The van der Waals surface area contributed by atoms with Crippen molar-refractivity contribution in [2.24, 2.45) is 0 Å². The quantitative estimate of drug-likeness (QED) is 0.375. The van der Waals surface area contributed by atoms with Crippen LogP contribution in [0.3, 0.4) is 0 Å². The van der Waals surface area contributed by atoms with Crippen LogP contribution < -0.4 is 5.32 Å². The van der Waals surface area contributed by atoms with E-state index in [1.54, 1.807) is 0 Å². The van der Waals surface area contributed by atoms with Gasteiger partial charge in [0.1, 0.15) is 11.9 Å². The second kappa shape index (κ2) is 7.76. The number of anilines is 1. The van der Waals surface area contributed by atoms with Gasteiger partial charge in [0.15, 0.2) is 21.3 Å². The van der Waals surface area contributed by atoms with Crippen molar-refractivity contribution in [3.63, 3.8) is 0 Å². The smallest absolute Gasteiger partial charge is 0.263 e. The Kier molecular flexibility index (Phi) is 5.51. The lowest BCUT2D eigenvalue weighted by Gasteiger charge is -2.22. The SMILES string of the molecule is CS(=O)(=O)C(CN1C(=O)c2cccc(NC(=O)CO)c2C1=O)c1ccc(O)c(O)c1. The summed E-state index contributed by atoms with van der Waals surface area (Å²) < 4.78 is 24.8. The molecule has 11 heteroatoms. The Balaban J connectivity index is 1.99. The van der Waals surface area contributed by atoms with Gasteiger partial charge in [-0.25, -0.2) is 8.42 Å². The van der Waals surface area contributed by atoms with E-state index in [2.05, 4.69) is 5.32 Å². The molecule has 0 aliphatic carbocycles. The van der Waals surface area contributed by atoms with Crippen LogP contribution in [-0.4, -0.2) is 65.8 Å². The molecule has 0 saturated heterocycles. The highest BCUT2D eigenvalue weighted by Crippen LogP contribution is 2.35. The Morgan fingerprint density at radius 2 is 1.80 bits per heavy atom. The molecule has 0 aromatic heterocycles. The number of carbonyl (C=O) groups excluding carboxylic acids is 3. The van der Waals surface area contributed by atoms with Crippen LogP contribution in [0.1, 0.15) is 31.5 Å². The van der Waals surface area contributed by atoms with Crippen LogP contribution in [0.2, 0.25) is 0 Å². The highest BCUT2D eigenvalue weighted by molar-refractivity contribution is 7.91. The summed E-state index contributed by atoms with van der Waals surface area (Å²) in [6.07, 6.45) is 0.923. The predicted molar refractivity (Wildman–Crippen MR) is 105 cm³/mol. The number of imide groups is 1. The molecular formula is C19H18N2O8S. The van der Waals surface area contributed by atoms with Crippen LogP contribution in [0.15, 0.2) is 36.4 Å². The monoisotopic (exact) mass is 434 g/mol. The van der Waals surface area contributed by atoms with Crippen LogP contribution in [0, 0.1) is 0 Å². The molecule has 1 unspecified atom stereocenters. The van der Waals surface area contributed by atoms with E-state index in [9.17, 15) is 33.0 Å². The van der Waals surface area contributed by atoms with Gasteiger partial charge in [-0.15, -0.1) is 0 Å². The van der Waals surface area contributed by atoms with Crippen molar-refractivity contribution in [3.05, 3.63) is 53.1 Å². The number of carbonyl (C=O) groups is 3. The highest BCUT2D eigenvalue weighted by Gasteiger charge is 2.40. The molecule has 1 heterocycles. The number of nitrogens with one attached hydrogen (secondary N) is 1. The molecule has 0 saturated carbocycles. The maximum Gasteiger partial charge on any atom is 0.263 e. The van der Waals surface area contributed by atoms with E-state index >= 15 is 0 Å². The molecule has 2 aromatic rings. The number of phenols is 2. The molecule has 1 aliphatic heterocycles. The number of aromatic hydroxyl groups is 2. The van der Waals surface area contributed by atoms with Gasteiger partial charge in [0.2, 0.25) is 5.91 Å². The summed E-state index contributed by atoms with van der Waals surface area (Å²) in [4.78, 5) is 38.0. The summed E-state index contributed by atoms with van der Waals surface area (Å²) in [5.41, 5.74) is -0.0228. The first-order chi connectivity index (χ1) is 14.0. The number of rotatable bonds is 6. The Labute approximate surface area is 171 Å². The third-order valence-electron chi connectivity index (χ3n) is 4.65. The molecule has 1 aliphatic rings.